The van der Waals surface area contributed by atoms with Crippen molar-refractivity contribution in [2.75, 3.05) is 19.6 Å². The summed E-state index contributed by atoms with van der Waals surface area (Å²) in [5.41, 5.74) is 4.17. The number of fused-ring (bicyclic) bond motifs is 1. The van der Waals surface area contributed by atoms with E-state index >= 15 is 0 Å². The maximum Gasteiger partial charge on any atom is 0.287 e. The van der Waals surface area contributed by atoms with E-state index in [0.717, 1.165) is 29.6 Å². The summed E-state index contributed by atoms with van der Waals surface area (Å²) in [7, 11) is 0. The van der Waals surface area contributed by atoms with Crippen molar-refractivity contribution in [3.05, 3.63) is 71.0 Å². The summed E-state index contributed by atoms with van der Waals surface area (Å²) >= 11 is 0. The van der Waals surface area contributed by atoms with Gasteiger partial charge in [-0.25, -0.2) is 0 Å². The summed E-state index contributed by atoms with van der Waals surface area (Å²) < 4.78 is 5.83. The molecule has 0 saturated carbocycles. The molecule has 1 fully saturated rings. The Morgan fingerprint density at radius 2 is 1.75 bits per heavy atom. The molecule has 4 rings (SSSR count). The molecule has 3 aromatic rings. The van der Waals surface area contributed by atoms with Crippen molar-refractivity contribution in [2.24, 2.45) is 0 Å². The predicted molar refractivity (Wildman–Crippen MR) is 113 cm³/mol. The van der Waals surface area contributed by atoms with Gasteiger partial charge in [0.05, 0.1) is 6.04 Å². The molecular formula is C24H28N2O2. The Bertz CT molecular complexity index is 952. The van der Waals surface area contributed by atoms with Gasteiger partial charge in [0.2, 0.25) is 0 Å². The van der Waals surface area contributed by atoms with Crippen LogP contribution in [0.3, 0.4) is 0 Å². The summed E-state index contributed by atoms with van der Waals surface area (Å²) in [5.74, 6) is 0.283. The molecule has 0 unspecified atom stereocenters. The number of rotatable bonds is 5. The molecule has 1 atom stereocenters. The number of nitrogens with one attached hydrogen (secondary N) is 1. The van der Waals surface area contributed by atoms with Gasteiger partial charge in [-0.2, -0.15) is 0 Å². The Kier molecular flexibility index (Phi) is 5.49. The van der Waals surface area contributed by atoms with Crippen LogP contribution in [-0.4, -0.2) is 30.4 Å². The number of hydrogen-bond donors (Lipinski definition) is 1. The Morgan fingerprint density at radius 3 is 2.46 bits per heavy atom. The van der Waals surface area contributed by atoms with Crippen LogP contribution in [0.15, 0.2) is 52.9 Å². The fourth-order valence-electron chi connectivity index (χ4n) is 4.14. The van der Waals surface area contributed by atoms with Crippen LogP contribution in [-0.2, 0) is 0 Å². The molecule has 0 radical (unpaired) electrons. The molecule has 1 saturated heterocycles. The van der Waals surface area contributed by atoms with Gasteiger partial charge in [-0.15, -0.1) is 0 Å². The zero-order valence-electron chi connectivity index (χ0n) is 16.7. The number of aryl methyl sites for hydroxylation is 2. The Balaban J connectivity index is 1.53. The van der Waals surface area contributed by atoms with E-state index in [1.165, 1.54) is 30.4 Å². The normalized spacial score (nSPS) is 16.2. The van der Waals surface area contributed by atoms with Gasteiger partial charge in [-0.3, -0.25) is 9.69 Å². The molecular weight excluding hydrogens is 348 g/mol. The number of carbonyl (C=O) groups excluding carboxylic acids is 1. The Morgan fingerprint density at radius 1 is 1.04 bits per heavy atom. The van der Waals surface area contributed by atoms with Crippen molar-refractivity contribution in [1.82, 2.24) is 10.2 Å². The number of likely N-dealkylation sites (tertiary alicyclic amines) is 1. The monoisotopic (exact) mass is 376 g/mol. The number of hydrogen-bond acceptors (Lipinski definition) is 3. The lowest BCUT2D eigenvalue weighted by molar-refractivity contribution is 0.0898. The van der Waals surface area contributed by atoms with E-state index in [2.05, 4.69) is 41.4 Å². The van der Waals surface area contributed by atoms with E-state index in [-0.39, 0.29) is 11.9 Å². The van der Waals surface area contributed by atoms with E-state index < -0.39 is 0 Å². The molecule has 4 nitrogen and oxygen atoms in total. The van der Waals surface area contributed by atoms with Crippen molar-refractivity contribution >= 4 is 16.9 Å². The first kappa shape index (κ1) is 18.8. The molecule has 0 spiro atoms. The third-order valence-corrected chi connectivity index (χ3v) is 5.80. The summed E-state index contributed by atoms with van der Waals surface area (Å²) in [5, 5.41) is 4.14. The van der Waals surface area contributed by atoms with Gasteiger partial charge >= 0.3 is 0 Å². The molecule has 1 aliphatic heterocycles. The summed E-state index contributed by atoms with van der Waals surface area (Å²) in [6, 6.07) is 16.7. The van der Waals surface area contributed by atoms with Crippen LogP contribution >= 0.6 is 0 Å². The molecule has 0 aliphatic carbocycles. The van der Waals surface area contributed by atoms with Gasteiger partial charge < -0.3 is 9.73 Å². The van der Waals surface area contributed by atoms with Crippen molar-refractivity contribution in [3.63, 3.8) is 0 Å². The lowest BCUT2D eigenvalue weighted by Crippen LogP contribution is -2.40. The average molecular weight is 377 g/mol. The highest BCUT2D eigenvalue weighted by atomic mass is 16.3. The Hall–Kier alpha value is -2.59. The molecule has 28 heavy (non-hydrogen) atoms. The SMILES string of the molecule is Cc1ccc([C@@H](CNC(=O)c2oc3ccccc3c2C)N2CCCCC2)cc1. The van der Waals surface area contributed by atoms with Crippen molar-refractivity contribution in [1.29, 1.82) is 0 Å². The Labute approximate surface area is 166 Å². The van der Waals surface area contributed by atoms with Crippen LogP contribution in [0.4, 0.5) is 0 Å². The van der Waals surface area contributed by atoms with Crippen molar-refractivity contribution in [3.8, 4) is 0 Å². The third kappa shape index (κ3) is 3.83. The fraction of sp³-hybridized carbons (Fsp3) is 0.375. The lowest BCUT2D eigenvalue weighted by Gasteiger charge is -2.35. The number of furan rings is 1. The molecule has 1 amide bonds. The van der Waals surface area contributed by atoms with Crippen LogP contribution in [0.5, 0.6) is 0 Å². The molecule has 146 valence electrons. The third-order valence-electron chi connectivity index (χ3n) is 5.80. The predicted octanol–water partition coefficient (Wildman–Crippen LogP) is 5.01. The van der Waals surface area contributed by atoms with Crippen LogP contribution in [0, 0.1) is 13.8 Å². The second kappa shape index (κ2) is 8.19. The van der Waals surface area contributed by atoms with E-state index in [9.17, 15) is 4.79 Å². The number of para-hydroxylation sites is 1. The second-order valence-electron chi connectivity index (χ2n) is 7.79. The highest BCUT2D eigenvalue weighted by Gasteiger charge is 2.24. The fourth-order valence-corrected chi connectivity index (χ4v) is 4.14. The molecule has 1 aromatic heterocycles. The average Bonchev–Trinajstić information content (AvgIpc) is 3.07. The first-order chi connectivity index (χ1) is 13.6. The number of carbonyl (C=O) groups is 1. The van der Waals surface area contributed by atoms with E-state index in [4.69, 9.17) is 4.42 Å². The van der Waals surface area contributed by atoms with Crippen molar-refractivity contribution < 1.29 is 9.21 Å². The molecule has 1 aliphatic rings. The summed E-state index contributed by atoms with van der Waals surface area (Å²) in [4.78, 5) is 15.4. The largest absolute Gasteiger partial charge is 0.451 e. The van der Waals surface area contributed by atoms with Gasteiger partial charge in [0, 0.05) is 17.5 Å². The van der Waals surface area contributed by atoms with Gasteiger partial charge in [0.25, 0.3) is 5.91 Å². The number of amides is 1. The van der Waals surface area contributed by atoms with E-state index in [1.54, 1.807) is 0 Å². The van der Waals surface area contributed by atoms with Gasteiger partial charge in [0.15, 0.2) is 5.76 Å². The molecule has 0 bridgehead atoms. The van der Waals surface area contributed by atoms with Gasteiger partial charge in [-0.1, -0.05) is 54.4 Å². The maximum atomic E-state index is 12.9. The van der Waals surface area contributed by atoms with Crippen LogP contribution in [0.25, 0.3) is 11.0 Å². The first-order valence-electron chi connectivity index (χ1n) is 10.2. The van der Waals surface area contributed by atoms with E-state index in [0.29, 0.717) is 12.3 Å². The number of nitrogens with zero attached hydrogens (tertiary/aromatic N) is 1. The van der Waals surface area contributed by atoms with Gasteiger partial charge in [0.1, 0.15) is 5.58 Å². The van der Waals surface area contributed by atoms with Crippen LogP contribution in [0.2, 0.25) is 0 Å². The quantitative estimate of drug-likeness (QED) is 0.681. The zero-order valence-corrected chi connectivity index (χ0v) is 16.7. The maximum absolute atomic E-state index is 12.9. The van der Waals surface area contributed by atoms with Crippen LogP contribution < -0.4 is 5.32 Å². The molecule has 4 heteroatoms. The number of piperidine rings is 1. The minimum absolute atomic E-state index is 0.136. The number of benzene rings is 2. The van der Waals surface area contributed by atoms with Crippen LogP contribution in [0.1, 0.15) is 52.5 Å². The topological polar surface area (TPSA) is 45.5 Å². The summed E-state index contributed by atoms with van der Waals surface area (Å²) in [6.07, 6.45) is 3.74. The standard InChI is InChI=1S/C24H28N2O2/c1-17-10-12-19(13-11-17)21(26-14-6-3-7-15-26)16-25-24(27)23-18(2)20-8-4-5-9-22(20)28-23/h4-5,8-13,21H,3,6-7,14-16H2,1-2H3,(H,25,27)/t21-/m1/s1. The molecule has 2 heterocycles. The van der Waals surface area contributed by atoms with E-state index in [1.807, 2.05) is 31.2 Å². The minimum atomic E-state index is -0.136. The molecule has 2 aromatic carbocycles. The highest BCUT2D eigenvalue weighted by molar-refractivity contribution is 5.98. The van der Waals surface area contributed by atoms with Gasteiger partial charge in [-0.05, 0) is 51.4 Å². The first-order valence-corrected chi connectivity index (χ1v) is 10.2. The highest BCUT2D eigenvalue weighted by Crippen LogP contribution is 2.27. The van der Waals surface area contributed by atoms with Crippen molar-refractivity contribution in [2.45, 2.75) is 39.2 Å². The second-order valence-corrected chi connectivity index (χ2v) is 7.79. The smallest absolute Gasteiger partial charge is 0.287 e. The lowest BCUT2D eigenvalue weighted by atomic mass is 10.0. The zero-order chi connectivity index (χ0) is 19.5. The summed E-state index contributed by atoms with van der Waals surface area (Å²) in [6.45, 7) is 6.79. The molecule has 1 N–H and O–H groups in total. The minimum Gasteiger partial charge on any atom is -0.451 e.